The van der Waals surface area contributed by atoms with Crippen LogP contribution in [0.3, 0.4) is 0 Å². The first-order valence-electron chi connectivity index (χ1n) is 8.20. The van der Waals surface area contributed by atoms with Crippen molar-refractivity contribution in [2.24, 2.45) is 7.05 Å². The molecule has 5 nitrogen and oxygen atoms in total. The summed E-state index contributed by atoms with van der Waals surface area (Å²) in [6.45, 7) is 3.38. The topological polar surface area (TPSA) is 67.8 Å². The Balaban J connectivity index is 2.05. The van der Waals surface area contributed by atoms with Gasteiger partial charge in [0.25, 0.3) is 5.56 Å². The third-order valence-corrected chi connectivity index (χ3v) is 5.31. The highest BCUT2D eigenvalue weighted by atomic mass is 32.2. The largest absolute Gasteiger partial charge is 0.419 e. The summed E-state index contributed by atoms with van der Waals surface area (Å²) >= 11 is 0.906. The predicted molar refractivity (Wildman–Crippen MR) is 101 cm³/mol. The van der Waals surface area contributed by atoms with E-state index in [1.165, 1.54) is 16.8 Å². The van der Waals surface area contributed by atoms with Crippen molar-refractivity contribution in [1.29, 1.82) is 0 Å². The molecule has 0 amide bonds. The summed E-state index contributed by atoms with van der Waals surface area (Å²) in [6, 6.07) is 7.28. The van der Waals surface area contributed by atoms with Gasteiger partial charge in [-0.1, -0.05) is 17.8 Å². The van der Waals surface area contributed by atoms with Gasteiger partial charge in [-0.25, -0.2) is 9.78 Å². The molecule has 0 bridgehead atoms. The van der Waals surface area contributed by atoms with Crippen LogP contribution in [0.15, 0.2) is 56.0 Å². The fraction of sp³-hybridized carbons (Fsp3) is 0.211. The van der Waals surface area contributed by atoms with Gasteiger partial charge in [-0.3, -0.25) is 14.3 Å². The van der Waals surface area contributed by atoms with E-state index in [2.05, 4.69) is 9.97 Å². The molecule has 0 radical (unpaired) electrons. The van der Waals surface area contributed by atoms with Crippen LogP contribution in [0, 0.1) is 13.8 Å². The van der Waals surface area contributed by atoms with Crippen molar-refractivity contribution >= 4 is 11.8 Å². The molecule has 0 saturated carbocycles. The zero-order chi connectivity index (χ0) is 20.6. The summed E-state index contributed by atoms with van der Waals surface area (Å²) < 4.78 is 40.8. The Hall–Kier alpha value is -2.81. The van der Waals surface area contributed by atoms with Crippen LogP contribution in [0.4, 0.5) is 13.2 Å². The lowest BCUT2D eigenvalue weighted by atomic mass is 10.0. The summed E-state index contributed by atoms with van der Waals surface area (Å²) in [6.07, 6.45) is -3.18. The number of halogens is 3. The van der Waals surface area contributed by atoms with Crippen LogP contribution >= 0.6 is 11.8 Å². The van der Waals surface area contributed by atoms with Gasteiger partial charge in [0.05, 0.1) is 11.3 Å². The van der Waals surface area contributed by atoms with Crippen molar-refractivity contribution in [1.82, 2.24) is 14.5 Å². The molecule has 0 aliphatic carbocycles. The number of nitrogens with one attached hydrogen (secondary N) is 1. The molecule has 2 aromatic heterocycles. The van der Waals surface area contributed by atoms with Gasteiger partial charge in [-0.2, -0.15) is 13.2 Å². The molecule has 1 N–H and O–H groups in total. The smallest absolute Gasteiger partial charge is 0.296 e. The number of H-pyrrole nitrogens is 1. The molecule has 146 valence electrons. The van der Waals surface area contributed by atoms with E-state index in [9.17, 15) is 22.8 Å². The van der Waals surface area contributed by atoms with Crippen molar-refractivity contribution in [2.75, 3.05) is 0 Å². The molecule has 9 heteroatoms. The molecule has 3 rings (SSSR count). The van der Waals surface area contributed by atoms with E-state index in [-0.39, 0.29) is 5.03 Å². The minimum atomic E-state index is -4.49. The Kier molecular flexibility index (Phi) is 5.20. The monoisotopic (exact) mass is 407 g/mol. The van der Waals surface area contributed by atoms with Crippen LogP contribution in [-0.4, -0.2) is 14.5 Å². The van der Waals surface area contributed by atoms with E-state index in [1.54, 1.807) is 39.1 Å². The average Bonchev–Trinajstić information content (AvgIpc) is 2.61. The molecule has 0 fully saturated rings. The quantitative estimate of drug-likeness (QED) is 0.715. The number of benzene rings is 1. The van der Waals surface area contributed by atoms with Crippen molar-refractivity contribution in [2.45, 2.75) is 29.9 Å². The van der Waals surface area contributed by atoms with Crippen LogP contribution in [0.25, 0.3) is 11.3 Å². The first-order valence-corrected chi connectivity index (χ1v) is 9.02. The van der Waals surface area contributed by atoms with Crippen molar-refractivity contribution in [3.8, 4) is 11.3 Å². The van der Waals surface area contributed by atoms with Crippen molar-refractivity contribution < 1.29 is 13.2 Å². The second kappa shape index (κ2) is 7.31. The summed E-state index contributed by atoms with van der Waals surface area (Å²) in [5.74, 6) is 0. The van der Waals surface area contributed by atoms with Crippen LogP contribution in [0.1, 0.15) is 16.7 Å². The summed E-state index contributed by atoms with van der Waals surface area (Å²) in [5, 5.41) is -0.137. The van der Waals surface area contributed by atoms with Gasteiger partial charge in [0, 0.05) is 29.3 Å². The molecular weight excluding hydrogens is 391 g/mol. The van der Waals surface area contributed by atoms with E-state index in [0.29, 0.717) is 21.7 Å². The van der Waals surface area contributed by atoms with Crippen LogP contribution in [-0.2, 0) is 13.2 Å². The number of rotatable bonds is 3. The molecule has 2 heterocycles. The summed E-state index contributed by atoms with van der Waals surface area (Å²) in [4.78, 5) is 30.5. The summed E-state index contributed by atoms with van der Waals surface area (Å²) in [7, 11) is 1.55. The molecular formula is C19H16F3N3O2S. The zero-order valence-corrected chi connectivity index (χ0v) is 16.0. The minimum absolute atomic E-state index is 0.137. The van der Waals surface area contributed by atoms with Crippen molar-refractivity contribution in [3.05, 3.63) is 74.1 Å². The Labute approximate surface area is 162 Å². The van der Waals surface area contributed by atoms with Gasteiger partial charge in [-0.05, 0) is 43.7 Å². The van der Waals surface area contributed by atoms with E-state index < -0.39 is 23.0 Å². The number of pyridine rings is 1. The lowest BCUT2D eigenvalue weighted by Gasteiger charge is -2.15. The maximum absolute atomic E-state index is 13.2. The number of hydrogen-bond acceptors (Lipinski definition) is 4. The molecule has 0 saturated heterocycles. The number of aromatic amines is 1. The molecule has 0 unspecified atom stereocenters. The van der Waals surface area contributed by atoms with E-state index in [0.717, 1.165) is 23.4 Å². The Morgan fingerprint density at radius 3 is 2.50 bits per heavy atom. The van der Waals surface area contributed by atoms with Gasteiger partial charge in [0.1, 0.15) is 5.03 Å². The number of hydrogen-bond donors (Lipinski definition) is 1. The fourth-order valence-electron chi connectivity index (χ4n) is 2.88. The Morgan fingerprint density at radius 1 is 1.14 bits per heavy atom. The summed E-state index contributed by atoms with van der Waals surface area (Å²) in [5.41, 5.74) is 0.426. The van der Waals surface area contributed by atoms with Crippen LogP contribution in [0.2, 0.25) is 0 Å². The number of aromatic nitrogens is 3. The third-order valence-electron chi connectivity index (χ3n) is 4.30. The average molecular weight is 407 g/mol. The van der Waals surface area contributed by atoms with Crippen LogP contribution < -0.4 is 11.2 Å². The van der Waals surface area contributed by atoms with Gasteiger partial charge in [0.15, 0.2) is 0 Å². The van der Waals surface area contributed by atoms with E-state index in [4.69, 9.17) is 0 Å². The highest BCUT2D eigenvalue weighted by Crippen LogP contribution is 2.39. The highest BCUT2D eigenvalue weighted by Gasteiger charge is 2.34. The number of aryl methyl sites for hydroxylation is 1. The SMILES string of the molecule is Cc1cc(Sc2ncccc2C(F)(F)F)ccc1-c1c(C)c(=O)[nH]c(=O)n1C. The molecule has 0 aliphatic rings. The Morgan fingerprint density at radius 2 is 1.86 bits per heavy atom. The van der Waals surface area contributed by atoms with Crippen LogP contribution in [0.5, 0.6) is 0 Å². The molecule has 28 heavy (non-hydrogen) atoms. The van der Waals surface area contributed by atoms with E-state index in [1.807, 2.05) is 0 Å². The maximum Gasteiger partial charge on any atom is 0.419 e. The second-order valence-corrected chi connectivity index (χ2v) is 7.29. The highest BCUT2D eigenvalue weighted by molar-refractivity contribution is 7.99. The van der Waals surface area contributed by atoms with Gasteiger partial charge < -0.3 is 0 Å². The lowest BCUT2D eigenvalue weighted by molar-refractivity contribution is -0.140. The first-order chi connectivity index (χ1) is 13.1. The van der Waals surface area contributed by atoms with Gasteiger partial charge in [0.2, 0.25) is 0 Å². The maximum atomic E-state index is 13.2. The third kappa shape index (κ3) is 3.75. The molecule has 0 spiro atoms. The first kappa shape index (κ1) is 19.9. The lowest BCUT2D eigenvalue weighted by Crippen LogP contribution is -2.31. The Bertz CT molecular complexity index is 1130. The fourth-order valence-corrected chi connectivity index (χ4v) is 3.89. The minimum Gasteiger partial charge on any atom is -0.296 e. The normalized spacial score (nSPS) is 11.6. The molecule has 0 aliphatic heterocycles. The standard InChI is InChI=1S/C19H16F3N3O2S/c1-10-9-12(28-17-14(19(20,21)22)5-4-8-23-17)6-7-13(10)15-11(2)16(26)24-18(27)25(15)3/h4-9H,1-3H3,(H,24,26,27). The van der Waals surface area contributed by atoms with Gasteiger partial charge in [-0.15, -0.1) is 0 Å². The molecule has 0 atom stereocenters. The molecule has 3 aromatic rings. The van der Waals surface area contributed by atoms with E-state index >= 15 is 0 Å². The second-order valence-electron chi connectivity index (χ2n) is 6.22. The number of nitrogens with zero attached hydrogens (tertiary/aromatic N) is 2. The van der Waals surface area contributed by atoms with Gasteiger partial charge >= 0.3 is 11.9 Å². The number of alkyl halides is 3. The predicted octanol–water partition coefficient (Wildman–Crippen LogP) is 3.92. The zero-order valence-electron chi connectivity index (χ0n) is 15.2. The van der Waals surface area contributed by atoms with Crippen molar-refractivity contribution in [3.63, 3.8) is 0 Å². The molecule has 1 aromatic carbocycles.